The highest BCUT2D eigenvalue weighted by Crippen LogP contribution is 2.28. The lowest BCUT2D eigenvalue weighted by molar-refractivity contribution is 0.539. The van der Waals surface area contributed by atoms with Crippen LogP contribution in [-0.4, -0.2) is 19.3 Å². The molecular formula is C12H20Br4. The van der Waals surface area contributed by atoms with Crippen molar-refractivity contribution in [3.63, 3.8) is 0 Å². The van der Waals surface area contributed by atoms with Gasteiger partial charge in [0, 0.05) is 19.3 Å². The second-order valence-corrected chi connectivity index (χ2v) is 9.88. The van der Waals surface area contributed by atoms with Crippen LogP contribution in [0.4, 0.5) is 0 Å². The van der Waals surface area contributed by atoms with Gasteiger partial charge in [-0.15, -0.1) is 0 Å². The van der Waals surface area contributed by atoms with Crippen LogP contribution in [0.25, 0.3) is 0 Å². The molecule has 0 radical (unpaired) electrons. The molecule has 1 aliphatic carbocycles. The van der Waals surface area contributed by atoms with Gasteiger partial charge in [0.2, 0.25) is 0 Å². The van der Waals surface area contributed by atoms with Crippen molar-refractivity contribution >= 4 is 63.7 Å². The van der Waals surface area contributed by atoms with E-state index in [4.69, 9.17) is 0 Å². The summed E-state index contributed by atoms with van der Waals surface area (Å²) < 4.78 is 0. The van der Waals surface area contributed by atoms with Gasteiger partial charge in [0.15, 0.2) is 0 Å². The highest BCUT2D eigenvalue weighted by molar-refractivity contribution is 9.10. The van der Waals surface area contributed by atoms with Crippen LogP contribution in [0.1, 0.15) is 51.4 Å². The zero-order chi connectivity index (χ0) is 12.0. The molecule has 0 heterocycles. The van der Waals surface area contributed by atoms with Crippen LogP contribution in [-0.2, 0) is 0 Å². The molecule has 0 saturated heterocycles. The van der Waals surface area contributed by atoms with Crippen molar-refractivity contribution in [2.45, 2.75) is 70.7 Å². The molecular weight excluding hydrogens is 464 g/mol. The van der Waals surface area contributed by atoms with Gasteiger partial charge in [0.05, 0.1) is 0 Å². The Bertz CT molecular complexity index is 130. The fraction of sp³-hybridized carbons (Fsp3) is 1.00. The molecule has 4 heteroatoms. The molecule has 0 nitrogen and oxygen atoms in total. The quantitative estimate of drug-likeness (QED) is 0.361. The lowest BCUT2D eigenvalue weighted by Crippen LogP contribution is -2.12. The third kappa shape index (κ3) is 7.38. The first-order valence-electron chi connectivity index (χ1n) is 6.14. The highest BCUT2D eigenvalue weighted by Gasteiger charge is 2.16. The molecule has 96 valence electrons. The summed E-state index contributed by atoms with van der Waals surface area (Å²) in [6, 6.07) is 0. The average molecular weight is 484 g/mol. The SMILES string of the molecule is BrC1CCC(Br)CCC(Br)CCC(Br)CC1. The van der Waals surface area contributed by atoms with Crippen LogP contribution in [0, 0.1) is 0 Å². The van der Waals surface area contributed by atoms with Crippen molar-refractivity contribution in [2.24, 2.45) is 0 Å². The molecule has 0 spiro atoms. The summed E-state index contributed by atoms with van der Waals surface area (Å²) in [4.78, 5) is 2.80. The van der Waals surface area contributed by atoms with Crippen molar-refractivity contribution < 1.29 is 0 Å². The van der Waals surface area contributed by atoms with Crippen molar-refractivity contribution in [2.75, 3.05) is 0 Å². The summed E-state index contributed by atoms with van der Waals surface area (Å²) >= 11 is 15.2. The molecule has 0 atom stereocenters. The van der Waals surface area contributed by atoms with Gasteiger partial charge in [-0.25, -0.2) is 0 Å². The second-order valence-electron chi connectivity index (χ2n) is 4.70. The Morgan fingerprint density at radius 1 is 0.375 bits per heavy atom. The molecule has 1 fully saturated rings. The van der Waals surface area contributed by atoms with E-state index < -0.39 is 0 Å². The Balaban J connectivity index is 2.39. The third-order valence-corrected chi connectivity index (χ3v) is 6.84. The molecule has 0 aromatic rings. The average Bonchev–Trinajstić information content (AvgIpc) is 2.27. The van der Waals surface area contributed by atoms with Crippen molar-refractivity contribution in [1.29, 1.82) is 0 Å². The zero-order valence-electron chi connectivity index (χ0n) is 9.48. The molecule has 16 heavy (non-hydrogen) atoms. The monoisotopic (exact) mass is 480 g/mol. The van der Waals surface area contributed by atoms with Gasteiger partial charge in [0.1, 0.15) is 0 Å². The van der Waals surface area contributed by atoms with Gasteiger partial charge in [-0.05, 0) is 51.4 Å². The summed E-state index contributed by atoms with van der Waals surface area (Å²) in [6.07, 6.45) is 10.4. The lowest BCUT2D eigenvalue weighted by Gasteiger charge is -2.19. The van der Waals surface area contributed by atoms with Crippen LogP contribution in [0.2, 0.25) is 0 Å². The van der Waals surface area contributed by atoms with E-state index in [1.54, 1.807) is 0 Å². The zero-order valence-corrected chi connectivity index (χ0v) is 15.8. The maximum Gasteiger partial charge on any atom is 0.0146 e. The number of hydrogen-bond donors (Lipinski definition) is 0. The van der Waals surface area contributed by atoms with Gasteiger partial charge < -0.3 is 0 Å². The maximum atomic E-state index is 3.79. The van der Waals surface area contributed by atoms with Crippen molar-refractivity contribution in [3.05, 3.63) is 0 Å². The Morgan fingerprint density at radius 2 is 0.500 bits per heavy atom. The summed E-state index contributed by atoms with van der Waals surface area (Å²) in [5.74, 6) is 0. The molecule has 0 unspecified atom stereocenters. The fourth-order valence-corrected chi connectivity index (χ4v) is 4.14. The van der Waals surface area contributed by atoms with E-state index in [0.29, 0.717) is 19.3 Å². The molecule has 0 aromatic carbocycles. The van der Waals surface area contributed by atoms with Gasteiger partial charge in [-0.2, -0.15) is 0 Å². The second kappa shape index (κ2) is 8.92. The minimum Gasteiger partial charge on any atom is -0.0891 e. The van der Waals surface area contributed by atoms with Gasteiger partial charge in [0.25, 0.3) is 0 Å². The summed E-state index contributed by atoms with van der Waals surface area (Å²) in [6.45, 7) is 0. The standard InChI is InChI=1S/C12H20Br4/c13-9-1-2-10(14)5-6-12(16)8-7-11(15)4-3-9/h9-12H,1-8H2. The van der Waals surface area contributed by atoms with E-state index in [9.17, 15) is 0 Å². The molecule has 0 aliphatic heterocycles. The van der Waals surface area contributed by atoms with Crippen molar-refractivity contribution in [1.82, 2.24) is 0 Å². The minimum absolute atomic E-state index is 0.701. The van der Waals surface area contributed by atoms with Gasteiger partial charge >= 0.3 is 0 Å². The molecule has 1 rings (SSSR count). The molecule has 0 amide bonds. The predicted octanol–water partition coefficient (Wildman–Crippen LogP) is 6.17. The Kier molecular flexibility index (Phi) is 8.91. The smallest absolute Gasteiger partial charge is 0.0146 e. The molecule has 0 N–H and O–H groups in total. The summed E-state index contributed by atoms with van der Waals surface area (Å²) in [5.41, 5.74) is 0. The molecule has 1 aliphatic rings. The molecule has 0 aromatic heterocycles. The third-order valence-electron chi connectivity index (χ3n) is 3.17. The highest BCUT2D eigenvalue weighted by atomic mass is 79.9. The van der Waals surface area contributed by atoms with Crippen LogP contribution in [0.15, 0.2) is 0 Å². The predicted molar refractivity (Wildman–Crippen MR) is 87.8 cm³/mol. The van der Waals surface area contributed by atoms with Crippen molar-refractivity contribution in [3.8, 4) is 0 Å². The number of halogens is 4. The Labute approximate surface area is 133 Å². The van der Waals surface area contributed by atoms with E-state index in [1.165, 1.54) is 51.4 Å². The largest absolute Gasteiger partial charge is 0.0891 e. The summed E-state index contributed by atoms with van der Waals surface area (Å²) in [5, 5.41) is 0. The normalized spacial score (nSPS) is 39.8. The van der Waals surface area contributed by atoms with Crippen LogP contribution < -0.4 is 0 Å². The minimum atomic E-state index is 0.701. The molecule has 0 bridgehead atoms. The summed E-state index contributed by atoms with van der Waals surface area (Å²) in [7, 11) is 0. The van der Waals surface area contributed by atoms with Gasteiger partial charge in [-0.1, -0.05) is 63.7 Å². The maximum absolute atomic E-state index is 3.79. The fourth-order valence-electron chi connectivity index (χ4n) is 2.02. The van der Waals surface area contributed by atoms with Crippen LogP contribution in [0.5, 0.6) is 0 Å². The Hall–Kier alpha value is 1.92. The number of hydrogen-bond acceptors (Lipinski definition) is 0. The Morgan fingerprint density at radius 3 is 0.625 bits per heavy atom. The van der Waals surface area contributed by atoms with Gasteiger partial charge in [-0.3, -0.25) is 0 Å². The van der Waals surface area contributed by atoms with E-state index in [2.05, 4.69) is 63.7 Å². The first-order valence-corrected chi connectivity index (χ1v) is 9.80. The van der Waals surface area contributed by atoms with Crippen LogP contribution in [0.3, 0.4) is 0 Å². The van der Waals surface area contributed by atoms with E-state index in [-0.39, 0.29) is 0 Å². The first-order chi connectivity index (χ1) is 7.58. The van der Waals surface area contributed by atoms with E-state index in [1.807, 2.05) is 0 Å². The van der Waals surface area contributed by atoms with E-state index in [0.717, 1.165) is 0 Å². The number of rotatable bonds is 0. The van der Waals surface area contributed by atoms with E-state index >= 15 is 0 Å². The topological polar surface area (TPSA) is 0 Å². The first kappa shape index (κ1) is 16.0. The van der Waals surface area contributed by atoms with Crippen LogP contribution >= 0.6 is 63.7 Å². The molecule has 1 saturated carbocycles. The number of alkyl halides is 4. The lowest BCUT2D eigenvalue weighted by atomic mass is 10.0.